The Hall–Kier alpha value is -8.92. The van der Waals surface area contributed by atoms with Gasteiger partial charge in [0.25, 0.3) is 0 Å². The van der Waals surface area contributed by atoms with E-state index in [2.05, 4.69) is 231 Å². The smallest absolute Gasteiger partial charge is 0.164 e. The maximum atomic E-state index is 6.69. The van der Waals surface area contributed by atoms with Gasteiger partial charge in [0.15, 0.2) is 5.82 Å². The molecule has 3 heteroatoms. The van der Waals surface area contributed by atoms with Crippen LogP contribution in [-0.4, -0.2) is 9.97 Å². The predicted octanol–water partition coefficient (Wildman–Crippen LogP) is 16.7. The summed E-state index contributed by atoms with van der Waals surface area (Å²) >= 11 is 0. The highest BCUT2D eigenvalue weighted by atomic mass is 16.3. The Bertz CT molecular complexity index is 3870. The van der Waals surface area contributed by atoms with E-state index in [-0.39, 0.29) is 0 Å². The van der Waals surface area contributed by atoms with Gasteiger partial charge in [0.1, 0.15) is 11.2 Å². The average Bonchev–Trinajstić information content (AvgIpc) is 3.92. The number of nitrogens with zero attached hydrogens (tertiary/aromatic N) is 2. The van der Waals surface area contributed by atoms with Crippen LogP contribution in [0.3, 0.4) is 0 Å². The zero-order valence-corrected chi connectivity index (χ0v) is 36.9. The molecule has 2 heterocycles. The highest BCUT2D eigenvalue weighted by molar-refractivity contribution is 6.09. The van der Waals surface area contributed by atoms with E-state index < -0.39 is 5.41 Å². The SMILES string of the molecule is c1ccc(-c2cc(-c3ccccc3)cc(-c3cc(-c4ccc5c(c4)C4(c6ccccc6-c6ccccc6-5)c5ccccc5-c5ccccc54)nc(-c4cccc5c4oc4ccccc45)n3)c2)cc1. The molecule has 0 saturated carbocycles. The van der Waals surface area contributed by atoms with Crippen molar-refractivity contribution in [2.45, 2.75) is 5.41 Å². The number of hydrogen-bond donors (Lipinski definition) is 0. The molecule has 0 bridgehead atoms. The molecule has 0 fully saturated rings. The molecule has 10 aromatic carbocycles. The summed E-state index contributed by atoms with van der Waals surface area (Å²) < 4.78 is 6.69. The maximum Gasteiger partial charge on any atom is 0.164 e. The summed E-state index contributed by atoms with van der Waals surface area (Å²) in [5, 5.41) is 2.10. The highest BCUT2D eigenvalue weighted by Gasteiger charge is 2.49. The van der Waals surface area contributed by atoms with Gasteiger partial charge in [-0.05, 0) is 120 Å². The largest absolute Gasteiger partial charge is 0.455 e. The third-order valence-electron chi connectivity index (χ3n) is 14.3. The first kappa shape index (κ1) is 38.4. The lowest BCUT2D eigenvalue weighted by molar-refractivity contribution is 0.669. The van der Waals surface area contributed by atoms with Gasteiger partial charge in [-0.1, -0.05) is 200 Å². The number of aromatic nitrogens is 2. The zero-order valence-electron chi connectivity index (χ0n) is 36.9. The quantitative estimate of drug-likeness (QED) is 0.173. The van der Waals surface area contributed by atoms with Crippen molar-refractivity contribution >= 4 is 21.9 Å². The first-order chi connectivity index (χ1) is 33.7. The summed E-state index contributed by atoms with van der Waals surface area (Å²) in [6.07, 6.45) is 0. The van der Waals surface area contributed by atoms with Crippen molar-refractivity contribution < 1.29 is 4.42 Å². The molecule has 2 aromatic heterocycles. The van der Waals surface area contributed by atoms with E-state index in [9.17, 15) is 0 Å². The fraction of sp³-hybridized carbons (Fsp3) is 0.0154. The van der Waals surface area contributed by atoms with Crippen LogP contribution in [0.2, 0.25) is 0 Å². The molecular formula is C65H40N2O. The first-order valence-electron chi connectivity index (χ1n) is 23.3. The van der Waals surface area contributed by atoms with Gasteiger partial charge in [0.05, 0.1) is 22.4 Å². The molecule has 0 unspecified atom stereocenters. The van der Waals surface area contributed by atoms with Crippen molar-refractivity contribution in [2.24, 2.45) is 0 Å². The summed E-state index contributed by atoms with van der Waals surface area (Å²) in [5.74, 6) is 0.602. The van der Waals surface area contributed by atoms with Gasteiger partial charge in [0.2, 0.25) is 0 Å². The lowest BCUT2D eigenvalue weighted by Gasteiger charge is -2.35. The molecule has 14 rings (SSSR count). The second-order valence-electron chi connectivity index (χ2n) is 18.0. The Labute approximate surface area is 394 Å². The molecule has 1 spiro atoms. The average molecular weight is 865 g/mol. The highest BCUT2D eigenvalue weighted by Crippen LogP contribution is 2.61. The van der Waals surface area contributed by atoms with Gasteiger partial charge in [0, 0.05) is 21.9 Å². The molecule has 0 aliphatic heterocycles. The lowest BCUT2D eigenvalue weighted by Crippen LogP contribution is -2.29. The summed E-state index contributed by atoms with van der Waals surface area (Å²) in [6.45, 7) is 0. The standard InChI is InChI=1S/C65H40N2O/c1-3-18-41(19-4-1)44-36-45(42-20-5-2-6-21-42)38-46(37-44)61-40-60(66-64(67-61)55-29-17-28-54-53-27-12-16-33-62(53)68-63(54)55)43-34-35-52-48-23-8-7-22-47(48)49-24-9-13-30-56(49)65(59(52)39-43)57-31-14-10-25-50(57)51-26-11-15-32-58(51)65/h1-40H. The third-order valence-corrected chi connectivity index (χ3v) is 14.3. The van der Waals surface area contributed by atoms with Crippen molar-refractivity contribution in [3.63, 3.8) is 0 Å². The van der Waals surface area contributed by atoms with Crippen LogP contribution < -0.4 is 0 Å². The van der Waals surface area contributed by atoms with E-state index in [4.69, 9.17) is 14.4 Å². The molecule has 3 nitrogen and oxygen atoms in total. The molecule has 0 radical (unpaired) electrons. The van der Waals surface area contributed by atoms with Crippen molar-refractivity contribution in [3.8, 4) is 89.5 Å². The van der Waals surface area contributed by atoms with Crippen molar-refractivity contribution in [3.05, 3.63) is 265 Å². The van der Waals surface area contributed by atoms with Gasteiger partial charge in [-0.15, -0.1) is 0 Å². The van der Waals surface area contributed by atoms with Gasteiger partial charge < -0.3 is 4.42 Å². The Morgan fingerprint density at radius 2 is 0.735 bits per heavy atom. The topological polar surface area (TPSA) is 38.9 Å². The molecule has 316 valence electrons. The number of hydrogen-bond acceptors (Lipinski definition) is 3. The summed E-state index contributed by atoms with van der Waals surface area (Å²) in [4.78, 5) is 11.1. The van der Waals surface area contributed by atoms with Crippen molar-refractivity contribution in [1.29, 1.82) is 0 Å². The molecule has 12 aromatic rings. The maximum absolute atomic E-state index is 6.69. The van der Waals surface area contributed by atoms with Crippen molar-refractivity contribution in [1.82, 2.24) is 9.97 Å². The molecule has 0 N–H and O–H groups in total. The van der Waals surface area contributed by atoms with Crippen LogP contribution in [0.15, 0.2) is 247 Å². The normalized spacial score (nSPS) is 12.8. The molecule has 0 amide bonds. The fourth-order valence-electron chi connectivity index (χ4n) is 11.4. The predicted molar refractivity (Wildman–Crippen MR) is 278 cm³/mol. The number of rotatable bonds is 5. The Kier molecular flexibility index (Phi) is 8.50. The monoisotopic (exact) mass is 864 g/mol. The molecular weight excluding hydrogens is 825 g/mol. The minimum Gasteiger partial charge on any atom is -0.455 e. The van der Waals surface area contributed by atoms with Crippen LogP contribution in [0.5, 0.6) is 0 Å². The van der Waals surface area contributed by atoms with Crippen LogP contribution in [0.25, 0.3) is 111 Å². The number of furan rings is 1. The Balaban J connectivity index is 1.07. The molecule has 68 heavy (non-hydrogen) atoms. The van der Waals surface area contributed by atoms with E-state index in [0.717, 1.165) is 72.3 Å². The second kappa shape index (κ2) is 15.1. The van der Waals surface area contributed by atoms with Crippen LogP contribution in [-0.2, 0) is 5.41 Å². The summed E-state index contributed by atoms with van der Waals surface area (Å²) in [7, 11) is 0. The van der Waals surface area contributed by atoms with Gasteiger partial charge in [-0.3, -0.25) is 0 Å². The van der Waals surface area contributed by atoms with Crippen LogP contribution in [0.4, 0.5) is 0 Å². The lowest BCUT2D eigenvalue weighted by atomic mass is 9.65. The van der Waals surface area contributed by atoms with Gasteiger partial charge in [-0.25, -0.2) is 9.97 Å². The molecule has 2 aliphatic carbocycles. The molecule has 0 saturated heterocycles. The summed E-state index contributed by atoms with van der Waals surface area (Å²) in [6, 6.07) is 87.8. The van der Waals surface area contributed by atoms with Crippen LogP contribution in [0, 0.1) is 0 Å². The number of para-hydroxylation sites is 2. The van der Waals surface area contributed by atoms with Crippen molar-refractivity contribution in [2.75, 3.05) is 0 Å². The minimum absolute atomic E-state index is 0.602. The fourth-order valence-corrected chi connectivity index (χ4v) is 11.4. The van der Waals surface area contributed by atoms with E-state index in [0.29, 0.717) is 5.82 Å². The van der Waals surface area contributed by atoms with Crippen LogP contribution >= 0.6 is 0 Å². The zero-order chi connectivity index (χ0) is 44.8. The van der Waals surface area contributed by atoms with Gasteiger partial charge in [-0.2, -0.15) is 0 Å². The Morgan fingerprint density at radius 3 is 1.35 bits per heavy atom. The second-order valence-corrected chi connectivity index (χ2v) is 18.0. The summed E-state index contributed by atoms with van der Waals surface area (Å²) in [5.41, 5.74) is 22.5. The van der Waals surface area contributed by atoms with Gasteiger partial charge >= 0.3 is 0 Å². The van der Waals surface area contributed by atoms with E-state index in [1.807, 2.05) is 12.1 Å². The van der Waals surface area contributed by atoms with Crippen LogP contribution in [0.1, 0.15) is 22.3 Å². The Morgan fingerprint density at radius 1 is 0.279 bits per heavy atom. The minimum atomic E-state index is -0.624. The van der Waals surface area contributed by atoms with E-state index >= 15 is 0 Å². The number of fused-ring (bicyclic) bond motifs is 15. The van der Waals surface area contributed by atoms with E-state index in [1.165, 1.54) is 55.6 Å². The first-order valence-corrected chi connectivity index (χ1v) is 23.3. The molecule has 0 atom stereocenters. The number of benzene rings is 10. The van der Waals surface area contributed by atoms with E-state index in [1.54, 1.807) is 0 Å². The molecule has 2 aliphatic rings. The third kappa shape index (κ3) is 5.72.